The zero-order valence-corrected chi connectivity index (χ0v) is 39.1. The van der Waals surface area contributed by atoms with E-state index in [0.717, 1.165) is 89.9 Å². The number of aliphatic hydroxyl groups is 5. The molecule has 1 rings (SSSR count). The average molecular weight is 870 g/mol. The van der Waals surface area contributed by atoms with Crippen molar-refractivity contribution < 1.29 is 39.8 Å². The third kappa shape index (κ3) is 32.1. The number of allylic oxidation sites excluding steroid dienone is 14. The van der Waals surface area contributed by atoms with Gasteiger partial charge in [0.15, 0.2) is 6.29 Å². The minimum atomic E-state index is -1.56. The van der Waals surface area contributed by atoms with E-state index < -0.39 is 49.5 Å². The number of unbranched alkanes of at least 4 members (excludes halogenated alkanes) is 16. The summed E-state index contributed by atoms with van der Waals surface area (Å²) in [4.78, 5) is 13.0. The van der Waals surface area contributed by atoms with Crippen LogP contribution in [0, 0.1) is 0 Å². The molecule has 0 saturated carbocycles. The molecule has 62 heavy (non-hydrogen) atoms. The van der Waals surface area contributed by atoms with E-state index in [2.05, 4.69) is 104 Å². The molecule has 7 unspecified atom stereocenters. The van der Waals surface area contributed by atoms with Crippen LogP contribution in [0.4, 0.5) is 0 Å². The van der Waals surface area contributed by atoms with E-state index in [-0.39, 0.29) is 12.5 Å². The molecular weight excluding hydrogens is 779 g/mol. The van der Waals surface area contributed by atoms with Gasteiger partial charge in [-0.05, 0) is 70.6 Å². The topological polar surface area (TPSA) is 149 Å². The minimum Gasteiger partial charge on any atom is -0.394 e. The molecule has 1 saturated heterocycles. The number of hydrogen-bond donors (Lipinski definition) is 6. The first-order chi connectivity index (χ1) is 30.3. The number of amides is 1. The van der Waals surface area contributed by atoms with Gasteiger partial charge in [-0.3, -0.25) is 4.79 Å². The Balaban J connectivity index is 2.32. The molecule has 0 spiro atoms. The van der Waals surface area contributed by atoms with Gasteiger partial charge in [-0.25, -0.2) is 0 Å². The molecule has 1 aliphatic rings. The molecule has 1 fully saturated rings. The van der Waals surface area contributed by atoms with Crippen LogP contribution in [-0.4, -0.2) is 87.5 Å². The maximum Gasteiger partial charge on any atom is 0.220 e. The smallest absolute Gasteiger partial charge is 0.220 e. The number of aliphatic hydroxyl groups excluding tert-OH is 5. The van der Waals surface area contributed by atoms with Gasteiger partial charge >= 0.3 is 0 Å². The second-order valence-corrected chi connectivity index (χ2v) is 16.9. The standard InChI is InChI=1S/C53H91NO8/c1-3-5-7-9-11-13-15-17-19-20-21-22-23-24-25-26-27-28-29-31-33-35-37-39-41-43-49(57)54-46(45-61-53-52(60)51(59)50(58)48(44-55)62-53)47(56)42-40-38-36-34-32-30-18-16-14-12-10-8-6-4-2/h5,7,11,13,17,19,21-22,24-25,27-28,31,33,46-48,50-53,55-56,58-60H,3-4,6,8-10,12,14-16,18,20,23,26,29-30,32,34-45H2,1-2H3,(H,54,57)/b7-5-,13-11-,19-17-,22-21-,25-24-,28-27-,33-31-. The van der Waals surface area contributed by atoms with Crippen LogP contribution in [0.5, 0.6) is 0 Å². The Morgan fingerprint density at radius 3 is 1.47 bits per heavy atom. The van der Waals surface area contributed by atoms with Crippen LogP contribution >= 0.6 is 0 Å². The molecule has 0 aromatic heterocycles. The highest BCUT2D eigenvalue weighted by Crippen LogP contribution is 2.23. The third-order valence-corrected chi connectivity index (χ3v) is 11.3. The summed E-state index contributed by atoms with van der Waals surface area (Å²) in [6, 6.07) is -0.742. The fraction of sp³-hybridized carbons (Fsp3) is 0.717. The molecule has 7 atom stereocenters. The number of carbonyl (C=O) groups excluding carboxylic acids is 1. The van der Waals surface area contributed by atoms with E-state index in [1.54, 1.807) is 0 Å². The molecule has 1 amide bonds. The van der Waals surface area contributed by atoms with Gasteiger partial charge in [0.05, 0.1) is 25.4 Å². The summed E-state index contributed by atoms with van der Waals surface area (Å²) >= 11 is 0. The molecular formula is C53H91NO8. The minimum absolute atomic E-state index is 0.157. The second kappa shape index (κ2) is 42.3. The van der Waals surface area contributed by atoms with Gasteiger partial charge in [0.2, 0.25) is 5.91 Å². The molecule has 1 heterocycles. The fourth-order valence-electron chi connectivity index (χ4n) is 7.32. The summed E-state index contributed by atoms with van der Waals surface area (Å²) in [7, 11) is 0. The Morgan fingerprint density at radius 1 is 0.565 bits per heavy atom. The zero-order chi connectivity index (χ0) is 45.1. The largest absolute Gasteiger partial charge is 0.394 e. The lowest BCUT2D eigenvalue weighted by Crippen LogP contribution is -2.60. The summed E-state index contributed by atoms with van der Waals surface area (Å²) in [6.07, 6.45) is 51.6. The third-order valence-electron chi connectivity index (χ3n) is 11.3. The van der Waals surface area contributed by atoms with Crippen molar-refractivity contribution in [3.8, 4) is 0 Å². The summed E-state index contributed by atoms with van der Waals surface area (Å²) in [6.45, 7) is 3.69. The maximum atomic E-state index is 13.0. The van der Waals surface area contributed by atoms with Crippen LogP contribution in [0.3, 0.4) is 0 Å². The Hall–Kier alpha value is -2.63. The lowest BCUT2D eigenvalue weighted by atomic mass is 9.99. The molecule has 356 valence electrons. The summed E-state index contributed by atoms with van der Waals surface area (Å²) in [5, 5.41) is 54.4. The highest BCUT2D eigenvalue weighted by Gasteiger charge is 2.44. The Labute approximate surface area is 378 Å². The van der Waals surface area contributed by atoms with E-state index in [0.29, 0.717) is 12.8 Å². The van der Waals surface area contributed by atoms with Crippen LogP contribution in [0.15, 0.2) is 85.1 Å². The van der Waals surface area contributed by atoms with E-state index in [1.165, 1.54) is 70.6 Å². The van der Waals surface area contributed by atoms with Gasteiger partial charge in [-0.2, -0.15) is 0 Å². The Kier molecular flexibility index (Phi) is 39.2. The van der Waals surface area contributed by atoms with E-state index in [4.69, 9.17) is 9.47 Å². The van der Waals surface area contributed by atoms with Crippen molar-refractivity contribution in [2.45, 2.75) is 230 Å². The molecule has 0 radical (unpaired) electrons. The van der Waals surface area contributed by atoms with Crippen molar-refractivity contribution in [1.82, 2.24) is 5.32 Å². The number of rotatable bonds is 40. The number of hydrogen-bond acceptors (Lipinski definition) is 8. The number of ether oxygens (including phenoxy) is 2. The highest BCUT2D eigenvalue weighted by atomic mass is 16.7. The van der Waals surface area contributed by atoms with Gasteiger partial charge in [0.25, 0.3) is 0 Å². The van der Waals surface area contributed by atoms with E-state index in [1.807, 2.05) is 0 Å². The van der Waals surface area contributed by atoms with Crippen molar-refractivity contribution in [2.75, 3.05) is 13.2 Å². The molecule has 0 aromatic carbocycles. The van der Waals surface area contributed by atoms with Crippen molar-refractivity contribution in [3.05, 3.63) is 85.1 Å². The summed E-state index contributed by atoms with van der Waals surface area (Å²) < 4.78 is 11.3. The molecule has 0 aromatic rings. The predicted molar refractivity (Wildman–Crippen MR) is 258 cm³/mol. The Bertz CT molecular complexity index is 1240. The first-order valence-electron chi connectivity index (χ1n) is 24.8. The molecule has 6 N–H and O–H groups in total. The van der Waals surface area contributed by atoms with Gasteiger partial charge in [-0.15, -0.1) is 0 Å². The quantitative estimate of drug-likeness (QED) is 0.0263. The normalized spacial score (nSPS) is 21.0. The number of nitrogens with one attached hydrogen (secondary N) is 1. The van der Waals surface area contributed by atoms with Crippen LogP contribution in [0.2, 0.25) is 0 Å². The lowest BCUT2D eigenvalue weighted by Gasteiger charge is -2.40. The van der Waals surface area contributed by atoms with Gasteiger partial charge in [-0.1, -0.05) is 195 Å². The average Bonchev–Trinajstić information content (AvgIpc) is 3.27. The molecule has 0 aliphatic carbocycles. The van der Waals surface area contributed by atoms with E-state index in [9.17, 15) is 30.3 Å². The monoisotopic (exact) mass is 870 g/mol. The highest BCUT2D eigenvalue weighted by molar-refractivity contribution is 5.76. The molecule has 9 nitrogen and oxygen atoms in total. The predicted octanol–water partition coefficient (Wildman–Crippen LogP) is 11.1. The fourth-order valence-corrected chi connectivity index (χ4v) is 7.32. The second-order valence-electron chi connectivity index (χ2n) is 16.9. The van der Waals surface area contributed by atoms with Gasteiger partial charge < -0.3 is 40.3 Å². The van der Waals surface area contributed by atoms with Crippen molar-refractivity contribution in [2.24, 2.45) is 0 Å². The van der Waals surface area contributed by atoms with Crippen molar-refractivity contribution in [1.29, 1.82) is 0 Å². The van der Waals surface area contributed by atoms with Crippen molar-refractivity contribution in [3.63, 3.8) is 0 Å². The van der Waals surface area contributed by atoms with Crippen LogP contribution in [0.25, 0.3) is 0 Å². The Morgan fingerprint density at radius 2 is 1.00 bits per heavy atom. The van der Waals surface area contributed by atoms with Crippen molar-refractivity contribution >= 4 is 5.91 Å². The number of carbonyl (C=O) groups is 1. The maximum absolute atomic E-state index is 13.0. The lowest BCUT2D eigenvalue weighted by molar-refractivity contribution is -0.302. The molecule has 0 bridgehead atoms. The molecule has 9 heteroatoms. The van der Waals surface area contributed by atoms with Crippen LogP contribution in [-0.2, 0) is 14.3 Å². The van der Waals surface area contributed by atoms with Gasteiger partial charge in [0.1, 0.15) is 24.4 Å². The first kappa shape index (κ1) is 57.4. The molecule has 1 aliphatic heterocycles. The first-order valence-corrected chi connectivity index (χ1v) is 24.8. The van der Waals surface area contributed by atoms with Gasteiger partial charge in [0, 0.05) is 6.42 Å². The zero-order valence-electron chi connectivity index (χ0n) is 39.1. The summed E-state index contributed by atoms with van der Waals surface area (Å²) in [5.74, 6) is -0.180. The van der Waals surface area contributed by atoms with Crippen LogP contribution in [0.1, 0.15) is 187 Å². The SMILES string of the molecule is CC/C=C\C/C=C\C/C=C\C/C=C\C/C=C\C/C=C\C/C=C\CCCCCC(=O)NC(COC1OC(CO)C(O)C(O)C1O)C(O)CCCCCCCCCCCCCCCC. The summed E-state index contributed by atoms with van der Waals surface area (Å²) in [5.41, 5.74) is 0. The van der Waals surface area contributed by atoms with Crippen LogP contribution < -0.4 is 5.32 Å². The van der Waals surface area contributed by atoms with E-state index >= 15 is 0 Å².